The van der Waals surface area contributed by atoms with Gasteiger partial charge in [0.15, 0.2) is 0 Å². The molecule has 16 heavy (non-hydrogen) atoms. The first kappa shape index (κ1) is 12.3. The molecule has 0 saturated carbocycles. The number of carbonyl (C=O) groups is 1. The van der Waals surface area contributed by atoms with Gasteiger partial charge >= 0.3 is 6.03 Å². The van der Waals surface area contributed by atoms with Gasteiger partial charge in [-0.2, -0.15) is 0 Å². The lowest BCUT2D eigenvalue weighted by Gasteiger charge is -2.11. The predicted molar refractivity (Wildman–Crippen MR) is 65.9 cm³/mol. The molecule has 1 aromatic heterocycles. The smallest absolute Gasteiger partial charge is 0.319 e. The van der Waals surface area contributed by atoms with Gasteiger partial charge in [-0.15, -0.1) is 0 Å². The Morgan fingerprint density at radius 3 is 2.69 bits per heavy atom. The number of urea groups is 1. The van der Waals surface area contributed by atoms with Crippen molar-refractivity contribution < 1.29 is 4.79 Å². The van der Waals surface area contributed by atoms with Gasteiger partial charge in [0.05, 0.1) is 11.9 Å². The average Bonchev–Trinajstić information content (AvgIpc) is 2.27. The van der Waals surface area contributed by atoms with Crippen molar-refractivity contribution in [3.63, 3.8) is 0 Å². The fraction of sp³-hybridized carbons (Fsp3) is 0.455. The van der Waals surface area contributed by atoms with Crippen LogP contribution in [0, 0.1) is 0 Å². The van der Waals surface area contributed by atoms with Crippen molar-refractivity contribution in [3.05, 3.63) is 18.3 Å². The summed E-state index contributed by atoms with van der Waals surface area (Å²) in [6.07, 6.45) is 2.56. The van der Waals surface area contributed by atoms with Gasteiger partial charge in [0, 0.05) is 20.6 Å². The second-order valence-electron chi connectivity index (χ2n) is 3.68. The van der Waals surface area contributed by atoms with Gasteiger partial charge in [-0.3, -0.25) is 0 Å². The molecule has 0 unspecified atom stereocenters. The minimum absolute atomic E-state index is 0.193. The van der Waals surface area contributed by atoms with Crippen LogP contribution in [0.15, 0.2) is 18.3 Å². The summed E-state index contributed by atoms with van der Waals surface area (Å²) in [6, 6.07) is 3.49. The number of hydrogen-bond acceptors (Lipinski definition) is 3. The molecule has 2 amide bonds. The van der Waals surface area contributed by atoms with E-state index >= 15 is 0 Å². The van der Waals surface area contributed by atoms with Gasteiger partial charge < -0.3 is 15.5 Å². The second-order valence-corrected chi connectivity index (χ2v) is 3.68. The summed E-state index contributed by atoms with van der Waals surface area (Å²) in [6.45, 7) is 2.68. The van der Waals surface area contributed by atoms with Crippen LogP contribution in [0.3, 0.4) is 0 Å². The van der Waals surface area contributed by atoms with Crippen LogP contribution in [0.1, 0.15) is 13.3 Å². The van der Waals surface area contributed by atoms with Crippen LogP contribution in [0.2, 0.25) is 0 Å². The molecule has 0 aliphatic carbocycles. The SMILES string of the molecule is CCCNC(=O)Nc1ccc(N(C)C)nc1. The Hall–Kier alpha value is -1.78. The molecule has 5 heteroatoms. The van der Waals surface area contributed by atoms with Crippen LogP contribution in [0.25, 0.3) is 0 Å². The molecule has 0 saturated heterocycles. The normalized spacial score (nSPS) is 9.69. The highest BCUT2D eigenvalue weighted by molar-refractivity contribution is 5.89. The molecule has 0 bridgehead atoms. The molecular formula is C11H18N4O. The quantitative estimate of drug-likeness (QED) is 0.815. The number of aromatic nitrogens is 1. The number of rotatable bonds is 4. The van der Waals surface area contributed by atoms with E-state index in [4.69, 9.17) is 0 Å². The van der Waals surface area contributed by atoms with Crippen molar-refractivity contribution in [2.24, 2.45) is 0 Å². The van der Waals surface area contributed by atoms with Crippen molar-refractivity contribution in [2.45, 2.75) is 13.3 Å². The highest BCUT2D eigenvalue weighted by Crippen LogP contribution is 2.11. The monoisotopic (exact) mass is 222 g/mol. The first-order valence-electron chi connectivity index (χ1n) is 5.31. The number of hydrogen-bond donors (Lipinski definition) is 2. The largest absolute Gasteiger partial charge is 0.363 e. The van der Waals surface area contributed by atoms with Gasteiger partial charge in [0.2, 0.25) is 0 Å². The summed E-state index contributed by atoms with van der Waals surface area (Å²) < 4.78 is 0. The number of nitrogens with one attached hydrogen (secondary N) is 2. The highest BCUT2D eigenvalue weighted by Gasteiger charge is 2.01. The Bertz CT molecular complexity index is 334. The summed E-state index contributed by atoms with van der Waals surface area (Å²) in [4.78, 5) is 17.4. The first-order valence-corrected chi connectivity index (χ1v) is 5.31. The average molecular weight is 222 g/mol. The summed E-state index contributed by atoms with van der Waals surface area (Å²) in [5.41, 5.74) is 0.694. The highest BCUT2D eigenvalue weighted by atomic mass is 16.2. The maximum absolute atomic E-state index is 11.3. The molecule has 1 aromatic rings. The van der Waals surface area contributed by atoms with E-state index in [9.17, 15) is 4.79 Å². The molecule has 0 aromatic carbocycles. The van der Waals surface area contributed by atoms with Crippen molar-refractivity contribution in [3.8, 4) is 0 Å². The molecule has 0 aliphatic heterocycles. The third-order valence-electron chi connectivity index (χ3n) is 2.00. The van der Waals surface area contributed by atoms with E-state index in [1.165, 1.54) is 0 Å². The molecule has 0 aliphatic rings. The van der Waals surface area contributed by atoms with E-state index in [1.54, 1.807) is 6.20 Å². The molecule has 1 heterocycles. The lowest BCUT2D eigenvalue weighted by molar-refractivity contribution is 0.252. The van der Waals surface area contributed by atoms with E-state index in [-0.39, 0.29) is 6.03 Å². The molecule has 0 spiro atoms. The third-order valence-corrected chi connectivity index (χ3v) is 2.00. The maximum Gasteiger partial charge on any atom is 0.319 e. The zero-order valence-electron chi connectivity index (χ0n) is 9.95. The molecule has 0 radical (unpaired) electrons. The van der Waals surface area contributed by atoms with Crippen molar-refractivity contribution in [1.29, 1.82) is 0 Å². The Kier molecular flexibility index (Phi) is 4.57. The standard InChI is InChI=1S/C11H18N4O/c1-4-7-12-11(16)14-9-5-6-10(13-8-9)15(2)3/h5-6,8H,4,7H2,1-3H3,(H2,12,14,16). The lowest BCUT2D eigenvalue weighted by Crippen LogP contribution is -2.29. The fourth-order valence-corrected chi connectivity index (χ4v) is 1.14. The maximum atomic E-state index is 11.3. The Morgan fingerprint density at radius 2 is 2.19 bits per heavy atom. The fourth-order valence-electron chi connectivity index (χ4n) is 1.14. The van der Waals surface area contributed by atoms with E-state index in [0.29, 0.717) is 12.2 Å². The van der Waals surface area contributed by atoms with Crippen LogP contribution in [0.5, 0.6) is 0 Å². The van der Waals surface area contributed by atoms with E-state index in [1.807, 2.05) is 38.1 Å². The van der Waals surface area contributed by atoms with Gasteiger partial charge in [-0.1, -0.05) is 6.92 Å². The number of carbonyl (C=O) groups excluding carboxylic acids is 1. The molecule has 2 N–H and O–H groups in total. The summed E-state index contributed by atoms with van der Waals surface area (Å²) in [5.74, 6) is 0.861. The number of amides is 2. The van der Waals surface area contributed by atoms with Crippen molar-refractivity contribution in [1.82, 2.24) is 10.3 Å². The van der Waals surface area contributed by atoms with E-state index in [0.717, 1.165) is 12.2 Å². The molecule has 1 rings (SSSR count). The number of pyridine rings is 1. The summed E-state index contributed by atoms with van der Waals surface area (Å²) in [7, 11) is 3.84. The molecular weight excluding hydrogens is 204 g/mol. The Labute approximate surface area is 95.9 Å². The second kappa shape index (κ2) is 5.95. The zero-order valence-corrected chi connectivity index (χ0v) is 9.95. The molecule has 88 valence electrons. The number of anilines is 2. The minimum Gasteiger partial charge on any atom is -0.363 e. The van der Waals surface area contributed by atoms with E-state index in [2.05, 4.69) is 15.6 Å². The molecule has 0 fully saturated rings. The Balaban J connectivity index is 2.51. The van der Waals surface area contributed by atoms with Crippen LogP contribution < -0.4 is 15.5 Å². The summed E-state index contributed by atoms with van der Waals surface area (Å²) in [5, 5.41) is 5.44. The van der Waals surface area contributed by atoms with Crippen LogP contribution in [-0.2, 0) is 0 Å². The Morgan fingerprint density at radius 1 is 1.44 bits per heavy atom. The van der Waals surface area contributed by atoms with Gasteiger partial charge in [-0.25, -0.2) is 9.78 Å². The van der Waals surface area contributed by atoms with E-state index < -0.39 is 0 Å². The molecule has 5 nitrogen and oxygen atoms in total. The van der Waals surface area contributed by atoms with Crippen LogP contribution in [-0.4, -0.2) is 31.7 Å². The first-order chi connectivity index (χ1) is 7.63. The van der Waals surface area contributed by atoms with Gasteiger partial charge in [-0.05, 0) is 18.6 Å². The predicted octanol–water partition coefficient (Wildman–Crippen LogP) is 1.68. The van der Waals surface area contributed by atoms with Gasteiger partial charge in [0.25, 0.3) is 0 Å². The van der Waals surface area contributed by atoms with Crippen molar-refractivity contribution >= 4 is 17.5 Å². The molecule has 0 atom stereocenters. The minimum atomic E-state index is -0.193. The van der Waals surface area contributed by atoms with Crippen molar-refractivity contribution in [2.75, 3.05) is 30.9 Å². The van der Waals surface area contributed by atoms with Crippen LogP contribution >= 0.6 is 0 Å². The lowest BCUT2D eigenvalue weighted by atomic mass is 10.4. The van der Waals surface area contributed by atoms with Gasteiger partial charge in [0.1, 0.15) is 5.82 Å². The topological polar surface area (TPSA) is 57.3 Å². The van der Waals surface area contributed by atoms with Crippen LogP contribution in [0.4, 0.5) is 16.3 Å². The zero-order chi connectivity index (χ0) is 12.0. The number of nitrogens with zero attached hydrogens (tertiary/aromatic N) is 2. The third kappa shape index (κ3) is 3.76. The summed E-state index contributed by atoms with van der Waals surface area (Å²) >= 11 is 0.